The normalized spacial score (nSPS) is 13.3. The second-order valence-corrected chi connectivity index (χ2v) is 3.26. The molecule has 62 valence electrons. The Morgan fingerprint density at radius 1 is 1.73 bits per heavy atom. The Hall–Kier alpha value is -0.410. The molecule has 0 radical (unpaired) electrons. The minimum atomic E-state index is -0.325. The summed E-state index contributed by atoms with van der Waals surface area (Å²) in [5.41, 5.74) is 0. The molecule has 1 rings (SSSR count). The van der Waals surface area contributed by atoms with Gasteiger partial charge in [0.05, 0.1) is 6.04 Å². The van der Waals surface area contributed by atoms with Gasteiger partial charge in [0.1, 0.15) is 6.67 Å². The van der Waals surface area contributed by atoms with Crippen molar-refractivity contribution in [1.82, 2.24) is 5.32 Å². The topological polar surface area (TPSA) is 12.0 Å². The lowest BCUT2D eigenvalue weighted by Gasteiger charge is -2.10. The molecule has 1 unspecified atom stereocenters. The van der Waals surface area contributed by atoms with Gasteiger partial charge in [-0.1, -0.05) is 13.0 Å². The summed E-state index contributed by atoms with van der Waals surface area (Å²) in [7, 11) is 0. The largest absolute Gasteiger partial charge is 0.307 e. The zero-order valence-corrected chi connectivity index (χ0v) is 7.33. The van der Waals surface area contributed by atoms with Crippen molar-refractivity contribution in [3.8, 4) is 0 Å². The summed E-state index contributed by atoms with van der Waals surface area (Å²) in [6, 6.07) is 3.80. The molecule has 0 spiro atoms. The number of hydrogen-bond acceptors (Lipinski definition) is 2. The average Bonchev–Trinajstić information content (AvgIpc) is 2.52. The van der Waals surface area contributed by atoms with Gasteiger partial charge in [0.15, 0.2) is 0 Å². The lowest BCUT2D eigenvalue weighted by molar-refractivity contribution is 0.391. The van der Waals surface area contributed by atoms with Crippen molar-refractivity contribution >= 4 is 11.3 Å². The number of alkyl halides is 1. The Kier molecular flexibility index (Phi) is 3.52. The Labute approximate surface area is 70.2 Å². The highest BCUT2D eigenvalue weighted by Crippen LogP contribution is 2.18. The number of halogens is 1. The van der Waals surface area contributed by atoms with E-state index in [2.05, 4.69) is 5.32 Å². The van der Waals surface area contributed by atoms with Crippen molar-refractivity contribution in [2.75, 3.05) is 13.2 Å². The number of thiophene rings is 1. The average molecular weight is 173 g/mol. The van der Waals surface area contributed by atoms with Gasteiger partial charge < -0.3 is 5.32 Å². The molecule has 1 N–H and O–H groups in total. The predicted molar refractivity (Wildman–Crippen MR) is 46.7 cm³/mol. The highest BCUT2D eigenvalue weighted by atomic mass is 32.1. The summed E-state index contributed by atoms with van der Waals surface area (Å²) in [6.07, 6.45) is 0. The predicted octanol–water partition coefficient (Wildman–Crippen LogP) is 2.37. The molecule has 0 fully saturated rings. The monoisotopic (exact) mass is 173 g/mol. The first-order chi connectivity index (χ1) is 5.38. The summed E-state index contributed by atoms with van der Waals surface area (Å²) in [4.78, 5) is 1.08. The maximum Gasteiger partial charge on any atom is 0.110 e. The fourth-order valence-electron chi connectivity index (χ4n) is 0.967. The molecule has 1 aromatic heterocycles. The molecule has 0 aliphatic carbocycles. The van der Waals surface area contributed by atoms with Crippen LogP contribution in [0.5, 0.6) is 0 Å². The van der Waals surface area contributed by atoms with Gasteiger partial charge in [0.2, 0.25) is 0 Å². The first-order valence-corrected chi connectivity index (χ1v) is 4.59. The van der Waals surface area contributed by atoms with Crippen molar-refractivity contribution in [3.05, 3.63) is 22.4 Å². The van der Waals surface area contributed by atoms with Crippen LogP contribution in [0.3, 0.4) is 0 Å². The first kappa shape index (κ1) is 8.68. The summed E-state index contributed by atoms with van der Waals surface area (Å²) < 4.78 is 12.4. The van der Waals surface area contributed by atoms with E-state index in [1.54, 1.807) is 11.3 Å². The van der Waals surface area contributed by atoms with Crippen LogP contribution in [0.4, 0.5) is 4.39 Å². The molecular weight excluding hydrogens is 161 g/mol. The molecular formula is C8H12FNS. The second kappa shape index (κ2) is 4.46. The molecule has 0 aromatic carbocycles. The van der Waals surface area contributed by atoms with E-state index in [1.807, 2.05) is 24.4 Å². The summed E-state index contributed by atoms with van der Waals surface area (Å²) in [5.74, 6) is 0. The highest BCUT2D eigenvalue weighted by molar-refractivity contribution is 7.10. The Balaban J connectivity index is 2.56. The number of hydrogen-bond donors (Lipinski definition) is 1. The SMILES string of the molecule is CCNC(CF)c1cccs1. The molecule has 1 heterocycles. The number of nitrogens with one attached hydrogen (secondary N) is 1. The molecule has 0 saturated heterocycles. The van der Waals surface area contributed by atoms with Gasteiger partial charge in [-0.25, -0.2) is 4.39 Å². The molecule has 0 bridgehead atoms. The first-order valence-electron chi connectivity index (χ1n) is 3.71. The molecule has 1 aromatic rings. The van der Waals surface area contributed by atoms with E-state index in [-0.39, 0.29) is 12.7 Å². The standard InChI is InChI=1S/C8H12FNS/c1-2-10-7(6-9)8-4-3-5-11-8/h3-5,7,10H,2,6H2,1H3. The van der Waals surface area contributed by atoms with Crippen LogP contribution in [-0.2, 0) is 0 Å². The fourth-order valence-corrected chi connectivity index (χ4v) is 1.75. The van der Waals surface area contributed by atoms with E-state index in [4.69, 9.17) is 0 Å². The zero-order chi connectivity index (χ0) is 8.10. The third-order valence-electron chi connectivity index (χ3n) is 1.49. The molecule has 11 heavy (non-hydrogen) atoms. The van der Waals surface area contributed by atoms with Crippen molar-refractivity contribution in [2.45, 2.75) is 13.0 Å². The molecule has 0 aliphatic heterocycles. The quantitative estimate of drug-likeness (QED) is 0.737. The van der Waals surface area contributed by atoms with Gasteiger partial charge in [-0.05, 0) is 18.0 Å². The lowest BCUT2D eigenvalue weighted by atomic mass is 10.2. The van der Waals surface area contributed by atoms with E-state index in [1.165, 1.54) is 0 Å². The van der Waals surface area contributed by atoms with Gasteiger partial charge in [-0.15, -0.1) is 11.3 Å². The molecule has 0 saturated carbocycles. The van der Waals surface area contributed by atoms with Gasteiger partial charge in [0, 0.05) is 4.88 Å². The third-order valence-corrected chi connectivity index (χ3v) is 2.48. The number of rotatable bonds is 4. The van der Waals surface area contributed by atoms with Crippen molar-refractivity contribution < 1.29 is 4.39 Å². The van der Waals surface area contributed by atoms with Crippen LogP contribution >= 0.6 is 11.3 Å². The van der Waals surface area contributed by atoms with Crippen molar-refractivity contribution in [3.63, 3.8) is 0 Å². The summed E-state index contributed by atoms with van der Waals surface area (Å²) in [5, 5.41) is 5.04. The maximum absolute atomic E-state index is 12.4. The van der Waals surface area contributed by atoms with Crippen molar-refractivity contribution in [2.24, 2.45) is 0 Å². The van der Waals surface area contributed by atoms with Gasteiger partial charge in [-0.3, -0.25) is 0 Å². The summed E-state index contributed by atoms with van der Waals surface area (Å²) in [6.45, 7) is 2.47. The molecule has 1 nitrogen and oxygen atoms in total. The van der Waals surface area contributed by atoms with E-state index in [0.29, 0.717) is 0 Å². The zero-order valence-electron chi connectivity index (χ0n) is 6.51. The van der Waals surface area contributed by atoms with E-state index < -0.39 is 0 Å². The third kappa shape index (κ3) is 2.27. The minimum Gasteiger partial charge on any atom is -0.307 e. The Morgan fingerprint density at radius 2 is 2.55 bits per heavy atom. The van der Waals surface area contributed by atoms with Gasteiger partial charge in [0.25, 0.3) is 0 Å². The van der Waals surface area contributed by atoms with Crippen LogP contribution < -0.4 is 5.32 Å². The Morgan fingerprint density at radius 3 is 3.00 bits per heavy atom. The van der Waals surface area contributed by atoms with Crippen LogP contribution in [0.15, 0.2) is 17.5 Å². The minimum absolute atomic E-state index is 0.0972. The highest BCUT2D eigenvalue weighted by Gasteiger charge is 2.09. The van der Waals surface area contributed by atoms with Gasteiger partial charge in [-0.2, -0.15) is 0 Å². The lowest BCUT2D eigenvalue weighted by Crippen LogP contribution is -2.21. The van der Waals surface area contributed by atoms with Crippen molar-refractivity contribution in [1.29, 1.82) is 0 Å². The molecule has 1 atom stereocenters. The van der Waals surface area contributed by atoms with Crippen LogP contribution in [0.25, 0.3) is 0 Å². The van der Waals surface area contributed by atoms with Crippen LogP contribution in [-0.4, -0.2) is 13.2 Å². The van der Waals surface area contributed by atoms with Crippen LogP contribution in [0, 0.1) is 0 Å². The van der Waals surface area contributed by atoms with E-state index in [9.17, 15) is 4.39 Å². The van der Waals surface area contributed by atoms with E-state index >= 15 is 0 Å². The molecule has 0 amide bonds. The molecule has 0 aliphatic rings. The van der Waals surface area contributed by atoms with Gasteiger partial charge >= 0.3 is 0 Å². The van der Waals surface area contributed by atoms with Crippen LogP contribution in [0.2, 0.25) is 0 Å². The maximum atomic E-state index is 12.4. The fraction of sp³-hybridized carbons (Fsp3) is 0.500. The molecule has 3 heteroatoms. The van der Waals surface area contributed by atoms with Crippen LogP contribution in [0.1, 0.15) is 17.8 Å². The Bertz CT molecular complexity index is 186. The van der Waals surface area contributed by atoms with E-state index in [0.717, 1.165) is 11.4 Å². The second-order valence-electron chi connectivity index (χ2n) is 2.28. The summed E-state index contributed by atoms with van der Waals surface area (Å²) >= 11 is 1.59. The smallest absolute Gasteiger partial charge is 0.110 e.